The summed E-state index contributed by atoms with van der Waals surface area (Å²) in [7, 11) is 1.53. The molecule has 0 aliphatic carbocycles. The molecule has 1 atom stereocenters. The van der Waals surface area contributed by atoms with Crippen LogP contribution in [-0.2, 0) is 22.7 Å². The topological polar surface area (TPSA) is 98.2 Å². The molecule has 3 aromatic carbocycles. The summed E-state index contributed by atoms with van der Waals surface area (Å²) in [5.74, 6) is -0.0984. The Morgan fingerprint density at radius 2 is 1.67 bits per heavy atom. The number of ketones is 1. The number of carbonyl (C=O) groups excluding carboxylic acids is 2. The van der Waals surface area contributed by atoms with Crippen LogP contribution in [0.2, 0.25) is 0 Å². The Labute approximate surface area is 244 Å². The van der Waals surface area contributed by atoms with Gasteiger partial charge in [-0.2, -0.15) is 0 Å². The van der Waals surface area contributed by atoms with E-state index in [2.05, 4.69) is 4.98 Å². The van der Waals surface area contributed by atoms with E-state index in [-0.39, 0.29) is 17.9 Å². The predicted molar refractivity (Wildman–Crippen MR) is 158 cm³/mol. The van der Waals surface area contributed by atoms with Crippen molar-refractivity contribution in [3.05, 3.63) is 125 Å². The molecular weight excluding hydrogens is 532 g/mol. The number of Topliss-reactive ketones (excluding diaryl/α,β-unsaturated/α-hetero) is 1. The van der Waals surface area contributed by atoms with Gasteiger partial charge in [0.2, 0.25) is 0 Å². The van der Waals surface area contributed by atoms with Crippen LogP contribution in [0, 0.1) is 6.92 Å². The van der Waals surface area contributed by atoms with Crippen LogP contribution in [0.4, 0.5) is 0 Å². The van der Waals surface area contributed by atoms with E-state index in [1.165, 1.54) is 12.0 Å². The molecule has 1 amide bonds. The molecule has 4 aromatic rings. The number of aliphatic hydroxyl groups is 1. The molecule has 0 saturated carbocycles. The number of aromatic nitrogens is 1. The Balaban J connectivity index is 1.55. The predicted octanol–water partition coefficient (Wildman–Crippen LogP) is 6.00. The largest absolute Gasteiger partial charge is 0.507 e. The number of aliphatic hydroxyl groups excluding tert-OH is 1. The molecule has 5 rings (SSSR count). The quantitative estimate of drug-likeness (QED) is 0.143. The lowest BCUT2D eigenvalue weighted by Gasteiger charge is -2.26. The van der Waals surface area contributed by atoms with E-state index in [1.807, 2.05) is 50.2 Å². The maximum Gasteiger partial charge on any atom is 0.295 e. The average Bonchev–Trinajstić information content (AvgIpc) is 3.26. The lowest BCUT2D eigenvalue weighted by Crippen LogP contribution is -2.29. The van der Waals surface area contributed by atoms with Gasteiger partial charge in [-0.25, -0.2) is 0 Å². The number of hydrogen-bond donors (Lipinski definition) is 1. The van der Waals surface area contributed by atoms with E-state index in [0.29, 0.717) is 41.6 Å². The SMILES string of the molecule is CCOc1ccc([C@@H]2C(=C(O)c3ccc(OCc4ccccc4)c(C)c3)C(=O)C(=O)N2Cc2cccnc2)cc1OC. The van der Waals surface area contributed by atoms with Crippen LogP contribution in [0.15, 0.2) is 96.8 Å². The molecule has 1 aliphatic rings. The molecule has 0 spiro atoms. The maximum atomic E-state index is 13.5. The minimum Gasteiger partial charge on any atom is -0.507 e. The highest BCUT2D eigenvalue weighted by atomic mass is 16.5. The number of ether oxygens (including phenoxy) is 3. The molecule has 8 nitrogen and oxygen atoms in total. The Bertz CT molecular complexity index is 1620. The monoisotopic (exact) mass is 564 g/mol. The van der Waals surface area contributed by atoms with Gasteiger partial charge < -0.3 is 24.2 Å². The minimum absolute atomic E-state index is 0.00698. The molecule has 0 bridgehead atoms. The number of likely N-dealkylation sites (tertiary alicyclic amines) is 1. The van der Waals surface area contributed by atoms with Crippen LogP contribution in [-0.4, -0.2) is 40.4 Å². The number of amides is 1. The van der Waals surface area contributed by atoms with Gasteiger partial charge in [-0.05, 0) is 72.5 Å². The van der Waals surface area contributed by atoms with E-state index in [1.54, 1.807) is 54.9 Å². The van der Waals surface area contributed by atoms with Crippen LogP contribution >= 0.6 is 0 Å². The molecule has 1 aliphatic heterocycles. The first kappa shape index (κ1) is 28.4. The number of carbonyl (C=O) groups is 2. The highest BCUT2D eigenvalue weighted by Crippen LogP contribution is 2.43. The minimum atomic E-state index is -0.871. The lowest BCUT2D eigenvalue weighted by atomic mass is 9.94. The first-order valence-corrected chi connectivity index (χ1v) is 13.7. The molecule has 1 N–H and O–H groups in total. The summed E-state index contributed by atoms with van der Waals surface area (Å²) in [6, 6.07) is 23.0. The van der Waals surface area contributed by atoms with Gasteiger partial charge in [-0.15, -0.1) is 0 Å². The van der Waals surface area contributed by atoms with Gasteiger partial charge in [0.15, 0.2) is 11.5 Å². The summed E-state index contributed by atoms with van der Waals surface area (Å²) in [5.41, 5.74) is 3.55. The second-order valence-corrected chi connectivity index (χ2v) is 9.89. The third-order valence-corrected chi connectivity index (χ3v) is 7.10. The summed E-state index contributed by atoms with van der Waals surface area (Å²) < 4.78 is 17.2. The van der Waals surface area contributed by atoms with Crippen molar-refractivity contribution in [2.24, 2.45) is 0 Å². The first-order valence-electron chi connectivity index (χ1n) is 13.7. The van der Waals surface area contributed by atoms with Crippen molar-refractivity contribution >= 4 is 17.4 Å². The Hall–Kier alpha value is -5.11. The molecule has 0 radical (unpaired) electrons. The van der Waals surface area contributed by atoms with Crippen molar-refractivity contribution < 1.29 is 28.9 Å². The van der Waals surface area contributed by atoms with E-state index in [9.17, 15) is 14.7 Å². The maximum absolute atomic E-state index is 13.5. The standard InChI is InChI=1S/C34H32N2O6/c1-4-41-28-15-12-25(18-29(28)40-3)31-30(33(38)34(39)36(31)20-24-11-8-16-35-19-24)32(37)26-13-14-27(22(2)17-26)42-21-23-9-6-5-7-10-23/h5-19,31,37H,4,20-21H2,1-3H3/t31-/m1/s1. The smallest absolute Gasteiger partial charge is 0.295 e. The fourth-order valence-electron chi connectivity index (χ4n) is 5.06. The summed E-state index contributed by atoms with van der Waals surface area (Å²) in [6.07, 6.45) is 3.29. The molecule has 1 aromatic heterocycles. The van der Waals surface area contributed by atoms with Crippen molar-refractivity contribution in [3.8, 4) is 17.2 Å². The van der Waals surface area contributed by atoms with Crippen LogP contribution in [0.1, 0.15) is 40.8 Å². The number of nitrogens with zero attached hydrogens (tertiary/aromatic N) is 2. The second kappa shape index (κ2) is 12.6. The fraction of sp³-hybridized carbons (Fsp3) is 0.206. The number of aryl methyl sites for hydroxylation is 1. The van der Waals surface area contributed by atoms with Crippen LogP contribution < -0.4 is 14.2 Å². The number of pyridine rings is 1. The van der Waals surface area contributed by atoms with Crippen LogP contribution in [0.5, 0.6) is 17.2 Å². The highest BCUT2D eigenvalue weighted by molar-refractivity contribution is 6.46. The van der Waals surface area contributed by atoms with Crippen molar-refractivity contribution in [3.63, 3.8) is 0 Å². The zero-order chi connectivity index (χ0) is 29.6. The van der Waals surface area contributed by atoms with Gasteiger partial charge in [0.1, 0.15) is 18.1 Å². The molecule has 0 unspecified atom stereocenters. The van der Waals surface area contributed by atoms with Gasteiger partial charge in [0, 0.05) is 24.5 Å². The summed E-state index contributed by atoms with van der Waals surface area (Å²) in [6.45, 7) is 4.70. The Morgan fingerprint density at radius 1 is 0.905 bits per heavy atom. The first-order chi connectivity index (χ1) is 20.4. The van der Waals surface area contributed by atoms with Crippen LogP contribution in [0.25, 0.3) is 5.76 Å². The zero-order valence-corrected chi connectivity index (χ0v) is 23.7. The fourth-order valence-corrected chi connectivity index (χ4v) is 5.06. The number of methoxy groups -OCH3 is 1. The van der Waals surface area contributed by atoms with Gasteiger partial charge in [-0.1, -0.05) is 42.5 Å². The highest BCUT2D eigenvalue weighted by Gasteiger charge is 2.46. The third kappa shape index (κ3) is 5.83. The van der Waals surface area contributed by atoms with E-state index < -0.39 is 17.7 Å². The summed E-state index contributed by atoms with van der Waals surface area (Å²) in [5, 5.41) is 11.6. The van der Waals surface area contributed by atoms with E-state index >= 15 is 0 Å². The Kier molecular flexibility index (Phi) is 8.52. The molecule has 2 heterocycles. The zero-order valence-electron chi connectivity index (χ0n) is 23.7. The summed E-state index contributed by atoms with van der Waals surface area (Å²) in [4.78, 5) is 32.6. The van der Waals surface area contributed by atoms with Gasteiger partial charge in [-0.3, -0.25) is 14.6 Å². The number of rotatable bonds is 10. The third-order valence-electron chi connectivity index (χ3n) is 7.10. The van der Waals surface area contributed by atoms with Crippen molar-refractivity contribution in [2.45, 2.75) is 33.0 Å². The summed E-state index contributed by atoms with van der Waals surface area (Å²) >= 11 is 0. The van der Waals surface area contributed by atoms with Gasteiger partial charge in [0.25, 0.3) is 11.7 Å². The normalized spacial score (nSPS) is 16.0. The van der Waals surface area contributed by atoms with E-state index in [0.717, 1.165) is 16.7 Å². The molecule has 42 heavy (non-hydrogen) atoms. The van der Waals surface area contributed by atoms with Crippen molar-refractivity contribution in [1.29, 1.82) is 0 Å². The van der Waals surface area contributed by atoms with E-state index in [4.69, 9.17) is 14.2 Å². The van der Waals surface area contributed by atoms with Gasteiger partial charge >= 0.3 is 0 Å². The Morgan fingerprint density at radius 3 is 2.36 bits per heavy atom. The molecule has 214 valence electrons. The van der Waals surface area contributed by atoms with Crippen molar-refractivity contribution in [1.82, 2.24) is 9.88 Å². The van der Waals surface area contributed by atoms with Gasteiger partial charge in [0.05, 0.1) is 25.3 Å². The van der Waals surface area contributed by atoms with Crippen molar-refractivity contribution in [2.75, 3.05) is 13.7 Å². The molecule has 1 fully saturated rings. The number of hydrogen-bond acceptors (Lipinski definition) is 7. The second-order valence-electron chi connectivity index (χ2n) is 9.89. The van der Waals surface area contributed by atoms with Crippen LogP contribution in [0.3, 0.4) is 0 Å². The molecule has 1 saturated heterocycles. The molecule has 8 heteroatoms. The lowest BCUT2D eigenvalue weighted by molar-refractivity contribution is -0.140. The average molecular weight is 565 g/mol. The number of benzene rings is 3. The molecular formula is C34H32N2O6.